The van der Waals surface area contributed by atoms with Crippen LogP contribution in [-0.4, -0.2) is 33.4 Å². The fourth-order valence-electron chi connectivity index (χ4n) is 3.94. The molecule has 0 saturated carbocycles. The number of likely N-dealkylation sites (tertiary alicyclic amines) is 1. The second-order valence-corrected chi connectivity index (χ2v) is 9.05. The monoisotopic (exact) mass is 421 g/mol. The van der Waals surface area contributed by atoms with Crippen molar-refractivity contribution < 1.29 is 4.79 Å². The van der Waals surface area contributed by atoms with Gasteiger partial charge in [0.1, 0.15) is 5.25 Å². The van der Waals surface area contributed by atoms with Gasteiger partial charge < -0.3 is 4.90 Å². The number of para-hydroxylation sites is 1. The van der Waals surface area contributed by atoms with Crippen LogP contribution in [0.1, 0.15) is 50.0 Å². The fraction of sp³-hybridized carbons (Fsp3) is 0.375. The average Bonchev–Trinajstić information content (AvgIpc) is 2.78. The van der Waals surface area contributed by atoms with E-state index < -0.39 is 5.25 Å². The molecule has 0 radical (unpaired) electrons. The van der Waals surface area contributed by atoms with Crippen LogP contribution >= 0.6 is 11.8 Å². The molecule has 1 atom stereocenters. The molecule has 1 aromatic heterocycles. The number of hydrogen-bond donors (Lipinski definition) is 0. The molecule has 1 saturated heterocycles. The highest BCUT2D eigenvalue weighted by Crippen LogP contribution is 2.37. The number of amides is 1. The lowest BCUT2D eigenvalue weighted by Crippen LogP contribution is -2.38. The summed E-state index contributed by atoms with van der Waals surface area (Å²) in [4.78, 5) is 33.5. The van der Waals surface area contributed by atoms with Gasteiger partial charge in [-0.3, -0.25) is 14.2 Å². The van der Waals surface area contributed by atoms with Gasteiger partial charge in [-0.05, 0) is 50.8 Å². The molecule has 0 N–H and O–H groups in total. The first-order valence-electron chi connectivity index (χ1n) is 10.6. The molecule has 1 fully saturated rings. The van der Waals surface area contributed by atoms with Gasteiger partial charge in [-0.2, -0.15) is 0 Å². The van der Waals surface area contributed by atoms with Crippen LogP contribution in [0.3, 0.4) is 0 Å². The number of nitrogens with zero attached hydrogens (tertiary/aromatic N) is 3. The van der Waals surface area contributed by atoms with E-state index in [0.717, 1.165) is 31.5 Å². The molecule has 0 spiro atoms. The first-order chi connectivity index (χ1) is 14.6. The summed E-state index contributed by atoms with van der Waals surface area (Å²) in [6.45, 7) is 5.55. The van der Waals surface area contributed by atoms with E-state index in [1.54, 1.807) is 4.57 Å². The van der Waals surface area contributed by atoms with E-state index in [2.05, 4.69) is 0 Å². The van der Waals surface area contributed by atoms with E-state index in [4.69, 9.17) is 4.98 Å². The van der Waals surface area contributed by atoms with Crippen molar-refractivity contribution in [1.82, 2.24) is 14.5 Å². The van der Waals surface area contributed by atoms with Gasteiger partial charge in [-0.15, -0.1) is 0 Å². The molecule has 156 valence electrons. The van der Waals surface area contributed by atoms with Crippen molar-refractivity contribution >= 4 is 28.6 Å². The Morgan fingerprint density at radius 2 is 1.63 bits per heavy atom. The number of fused-ring (bicyclic) bond motifs is 1. The Hall–Kier alpha value is -2.60. The van der Waals surface area contributed by atoms with Gasteiger partial charge in [0.2, 0.25) is 5.91 Å². The Morgan fingerprint density at radius 1 is 0.967 bits per heavy atom. The van der Waals surface area contributed by atoms with Crippen molar-refractivity contribution in [3.05, 3.63) is 70.5 Å². The SMILES string of the molecule is CC(C)n1c(S[C@@H](C(=O)N2CCCCC2)c2ccccc2)nc2ccccc2c1=O. The number of aromatic nitrogens is 2. The van der Waals surface area contributed by atoms with Gasteiger partial charge in [0.05, 0.1) is 10.9 Å². The van der Waals surface area contributed by atoms with E-state index in [1.807, 2.05) is 73.3 Å². The third-order valence-electron chi connectivity index (χ3n) is 5.51. The predicted molar refractivity (Wildman–Crippen MR) is 122 cm³/mol. The molecule has 2 aromatic carbocycles. The summed E-state index contributed by atoms with van der Waals surface area (Å²) >= 11 is 1.39. The summed E-state index contributed by atoms with van der Waals surface area (Å²) in [5.74, 6) is 0.101. The zero-order valence-electron chi connectivity index (χ0n) is 17.5. The minimum Gasteiger partial charge on any atom is -0.341 e. The smallest absolute Gasteiger partial charge is 0.262 e. The molecule has 0 aliphatic carbocycles. The van der Waals surface area contributed by atoms with Crippen LogP contribution in [0.15, 0.2) is 64.5 Å². The number of thioether (sulfide) groups is 1. The lowest BCUT2D eigenvalue weighted by Gasteiger charge is -2.30. The molecule has 1 aliphatic rings. The molecular weight excluding hydrogens is 394 g/mol. The molecular formula is C24H27N3O2S. The maximum absolute atomic E-state index is 13.5. The summed E-state index contributed by atoms with van der Waals surface area (Å²) in [5, 5.41) is 0.768. The Bertz CT molecular complexity index is 1090. The van der Waals surface area contributed by atoms with Gasteiger partial charge in [-0.25, -0.2) is 4.98 Å². The third kappa shape index (κ3) is 4.15. The molecule has 1 aliphatic heterocycles. The minimum absolute atomic E-state index is 0.0568. The number of carbonyl (C=O) groups excluding carboxylic acids is 1. The van der Waals surface area contributed by atoms with Crippen molar-refractivity contribution in [2.75, 3.05) is 13.1 Å². The van der Waals surface area contributed by atoms with Crippen molar-refractivity contribution in [3.8, 4) is 0 Å². The quantitative estimate of drug-likeness (QED) is 0.438. The first kappa shape index (κ1) is 20.7. The van der Waals surface area contributed by atoms with Crippen molar-refractivity contribution in [1.29, 1.82) is 0 Å². The van der Waals surface area contributed by atoms with Crippen LogP contribution in [0.5, 0.6) is 0 Å². The number of hydrogen-bond acceptors (Lipinski definition) is 4. The third-order valence-corrected chi connectivity index (χ3v) is 6.72. The molecule has 3 aromatic rings. The topological polar surface area (TPSA) is 55.2 Å². The Balaban J connectivity index is 1.79. The van der Waals surface area contributed by atoms with Crippen LogP contribution < -0.4 is 5.56 Å². The summed E-state index contributed by atoms with van der Waals surface area (Å²) < 4.78 is 1.71. The average molecular weight is 422 g/mol. The number of carbonyl (C=O) groups is 1. The molecule has 30 heavy (non-hydrogen) atoms. The van der Waals surface area contributed by atoms with Gasteiger partial charge >= 0.3 is 0 Å². The second-order valence-electron chi connectivity index (χ2n) is 7.97. The fourth-order valence-corrected chi connectivity index (χ4v) is 5.25. The van der Waals surface area contributed by atoms with Crippen LogP contribution in [0.25, 0.3) is 10.9 Å². The van der Waals surface area contributed by atoms with Gasteiger partial charge in [-0.1, -0.05) is 54.2 Å². The molecule has 4 rings (SSSR count). The van der Waals surface area contributed by atoms with E-state index in [1.165, 1.54) is 18.2 Å². The number of rotatable bonds is 5. The zero-order valence-corrected chi connectivity index (χ0v) is 18.3. The van der Waals surface area contributed by atoms with Crippen molar-refractivity contribution in [3.63, 3.8) is 0 Å². The van der Waals surface area contributed by atoms with Crippen LogP contribution in [0.2, 0.25) is 0 Å². The highest BCUT2D eigenvalue weighted by Gasteiger charge is 2.30. The van der Waals surface area contributed by atoms with E-state index >= 15 is 0 Å². The van der Waals surface area contributed by atoms with E-state index in [9.17, 15) is 9.59 Å². The van der Waals surface area contributed by atoms with Gasteiger partial charge in [0.15, 0.2) is 5.16 Å². The normalized spacial score (nSPS) is 15.5. The Kier molecular flexibility index (Phi) is 6.23. The highest BCUT2D eigenvalue weighted by atomic mass is 32.2. The maximum atomic E-state index is 13.5. The lowest BCUT2D eigenvalue weighted by molar-refractivity contribution is -0.131. The Labute approximate surface area is 181 Å². The van der Waals surface area contributed by atoms with Crippen LogP contribution in [0.4, 0.5) is 0 Å². The second kappa shape index (κ2) is 9.04. The summed E-state index contributed by atoms with van der Waals surface area (Å²) in [7, 11) is 0. The highest BCUT2D eigenvalue weighted by molar-refractivity contribution is 8.00. The summed E-state index contributed by atoms with van der Waals surface area (Å²) in [6.07, 6.45) is 3.26. The number of piperidine rings is 1. The molecule has 5 nitrogen and oxygen atoms in total. The zero-order chi connectivity index (χ0) is 21.1. The van der Waals surface area contributed by atoms with Crippen LogP contribution in [-0.2, 0) is 4.79 Å². The molecule has 1 amide bonds. The summed E-state index contributed by atoms with van der Waals surface area (Å²) in [5.41, 5.74) is 1.55. The first-order valence-corrected chi connectivity index (χ1v) is 11.5. The number of benzene rings is 2. The molecule has 2 heterocycles. The van der Waals surface area contributed by atoms with Crippen molar-refractivity contribution in [2.45, 2.75) is 49.6 Å². The van der Waals surface area contributed by atoms with E-state index in [-0.39, 0.29) is 17.5 Å². The predicted octanol–water partition coefficient (Wildman–Crippen LogP) is 4.82. The standard InChI is InChI=1S/C24H27N3O2S/c1-17(2)27-22(28)19-13-7-8-14-20(19)25-24(27)30-21(18-11-5-3-6-12-18)23(29)26-15-9-4-10-16-26/h3,5-8,11-14,17,21H,4,9-10,15-16H2,1-2H3/t21-/m1/s1. The van der Waals surface area contributed by atoms with Crippen LogP contribution in [0, 0.1) is 0 Å². The van der Waals surface area contributed by atoms with Gasteiger partial charge in [0, 0.05) is 19.1 Å². The molecule has 0 bridgehead atoms. The van der Waals surface area contributed by atoms with Gasteiger partial charge in [0.25, 0.3) is 5.56 Å². The largest absolute Gasteiger partial charge is 0.341 e. The Morgan fingerprint density at radius 3 is 2.33 bits per heavy atom. The van der Waals surface area contributed by atoms with Crippen molar-refractivity contribution in [2.24, 2.45) is 0 Å². The maximum Gasteiger partial charge on any atom is 0.262 e. The molecule has 6 heteroatoms. The minimum atomic E-state index is -0.428. The lowest BCUT2D eigenvalue weighted by atomic mass is 10.1. The summed E-state index contributed by atoms with van der Waals surface area (Å²) in [6, 6.07) is 17.2. The van der Waals surface area contributed by atoms with E-state index in [0.29, 0.717) is 16.1 Å². The molecule has 0 unspecified atom stereocenters.